The third-order valence-electron chi connectivity index (χ3n) is 4.06. The van der Waals surface area contributed by atoms with Crippen molar-refractivity contribution in [3.63, 3.8) is 0 Å². The highest BCUT2D eigenvalue weighted by atomic mass is 16.5. The van der Waals surface area contributed by atoms with Crippen molar-refractivity contribution in [3.8, 4) is 23.0 Å². The Labute approximate surface area is 145 Å². The number of methoxy groups -OCH3 is 1. The van der Waals surface area contributed by atoms with E-state index in [1.807, 2.05) is 19.9 Å². The van der Waals surface area contributed by atoms with Crippen molar-refractivity contribution in [2.45, 2.75) is 27.7 Å². The van der Waals surface area contributed by atoms with E-state index in [0.29, 0.717) is 0 Å². The van der Waals surface area contributed by atoms with Crippen LogP contribution in [0.3, 0.4) is 0 Å². The molecule has 6 heteroatoms. The summed E-state index contributed by atoms with van der Waals surface area (Å²) < 4.78 is 10.0. The van der Waals surface area contributed by atoms with Crippen molar-refractivity contribution in [1.82, 2.24) is 15.1 Å². The number of pyridine rings is 1. The summed E-state index contributed by atoms with van der Waals surface area (Å²) >= 11 is 0. The largest absolute Gasteiger partial charge is 0.468 e. The van der Waals surface area contributed by atoms with Crippen LogP contribution in [0, 0.1) is 31.1 Å². The maximum absolute atomic E-state index is 11.8. The molecule has 0 bridgehead atoms. The number of fused-ring (bicyclic) bond motifs is 1. The third kappa shape index (κ3) is 3.01. The van der Waals surface area contributed by atoms with Gasteiger partial charge in [-0.2, -0.15) is 0 Å². The summed E-state index contributed by atoms with van der Waals surface area (Å²) in [5.74, 6) is 6.42. The van der Waals surface area contributed by atoms with Gasteiger partial charge in [0.25, 0.3) is 0 Å². The predicted octanol–water partition coefficient (Wildman–Crippen LogP) is 3.39. The second-order valence-corrected chi connectivity index (χ2v) is 6.39. The Kier molecular flexibility index (Phi) is 4.09. The summed E-state index contributed by atoms with van der Waals surface area (Å²) in [6, 6.07) is 2.00. The van der Waals surface area contributed by atoms with Gasteiger partial charge >= 0.3 is 5.97 Å². The second-order valence-electron chi connectivity index (χ2n) is 6.39. The average molecular weight is 337 g/mol. The smallest absolute Gasteiger partial charge is 0.323 e. The molecule has 3 rings (SSSR count). The monoisotopic (exact) mass is 337 g/mol. The molecule has 0 atom stereocenters. The van der Waals surface area contributed by atoms with Crippen LogP contribution in [0.4, 0.5) is 0 Å². The Morgan fingerprint density at radius 2 is 2.12 bits per heavy atom. The lowest BCUT2D eigenvalue weighted by Gasteiger charge is -2.13. The van der Waals surface area contributed by atoms with Gasteiger partial charge < -0.3 is 14.2 Å². The van der Waals surface area contributed by atoms with Gasteiger partial charge in [0.2, 0.25) is 0 Å². The zero-order valence-electron chi connectivity index (χ0n) is 14.9. The minimum Gasteiger partial charge on any atom is -0.468 e. The molecule has 0 saturated carbocycles. The summed E-state index contributed by atoms with van der Waals surface area (Å²) in [5.41, 5.74) is 3.28. The summed E-state index contributed by atoms with van der Waals surface area (Å²) in [5, 5.41) is 4.87. The molecule has 0 unspecified atom stereocenters. The Hall–Kier alpha value is -3.07. The van der Waals surface area contributed by atoms with E-state index in [1.165, 1.54) is 7.11 Å². The lowest BCUT2D eigenvalue weighted by Crippen LogP contribution is -2.23. The molecule has 3 aromatic rings. The quantitative estimate of drug-likeness (QED) is 0.573. The number of nitrogens with zero attached hydrogens (tertiary/aromatic N) is 2. The van der Waals surface area contributed by atoms with Gasteiger partial charge in [-0.1, -0.05) is 17.0 Å². The van der Waals surface area contributed by atoms with Crippen LogP contribution in [-0.4, -0.2) is 28.2 Å². The minimum absolute atomic E-state index is 0.366. The molecule has 0 aliphatic carbocycles. The number of ether oxygens (including phenoxy) is 1. The molecule has 0 amide bonds. The number of H-pyrrole nitrogens is 1. The number of hydrogen-bond acceptors (Lipinski definition) is 5. The number of aromatic amines is 1. The number of nitrogens with one attached hydrogen (secondary N) is 1. The maximum Gasteiger partial charge on any atom is 0.323 e. The van der Waals surface area contributed by atoms with Crippen molar-refractivity contribution in [1.29, 1.82) is 0 Å². The normalized spacial score (nSPS) is 11.2. The lowest BCUT2D eigenvalue weighted by molar-refractivity contribution is -0.147. The SMILES string of the molecule is COC(=O)C(C)(C)C#Cc1c[nH]c2ncc(-c3c(C)noc3C)cc12. The zero-order valence-corrected chi connectivity index (χ0v) is 14.9. The van der Waals surface area contributed by atoms with Crippen molar-refractivity contribution in [2.24, 2.45) is 5.41 Å². The van der Waals surface area contributed by atoms with E-state index in [1.54, 1.807) is 26.2 Å². The Balaban J connectivity index is 2.08. The summed E-state index contributed by atoms with van der Waals surface area (Å²) in [4.78, 5) is 19.3. The average Bonchev–Trinajstić information content (AvgIpc) is 3.14. The summed E-state index contributed by atoms with van der Waals surface area (Å²) in [6.07, 6.45) is 3.57. The van der Waals surface area contributed by atoms with Crippen LogP contribution >= 0.6 is 0 Å². The van der Waals surface area contributed by atoms with E-state index in [0.717, 1.165) is 39.2 Å². The minimum atomic E-state index is -0.884. The summed E-state index contributed by atoms with van der Waals surface area (Å²) in [7, 11) is 1.36. The number of rotatable bonds is 2. The fourth-order valence-corrected chi connectivity index (χ4v) is 2.67. The molecule has 3 aromatic heterocycles. The van der Waals surface area contributed by atoms with Gasteiger partial charge in [0.1, 0.15) is 16.8 Å². The first kappa shape index (κ1) is 16.8. The van der Waals surface area contributed by atoms with Crippen LogP contribution in [0.25, 0.3) is 22.2 Å². The van der Waals surface area contributed by atoms with E-state index in [4.69, 9.17) is 9.26 Å². The van der Waals surface area contributed by atoms with E-state index >= 15 is 0 Å². The fraction of sp³-hybridized carbons (Fsp3) is 0.316. The van der Waals surface area contributed by atoms with Gasteiger partial charge in [0.15, 0.2) is 0 Å². The highest BCUT2D eigenvalue weighted by Gasteiger charge is 2.26. The molecular formula is C19H19N3O3. The van der Waals surface area contributed by atoms with E-state index in [9.17, 15) is 4.79 Å². The number of hydrogen-bond donors (Lipinski definition) is 1. The van der Waals surface area contributed by atoms with Crippen LogP contribution in [0.15, 0.2) is 23.0 Å². The van der Waals surface area contributed by atoms with Crippen LogP contribution in [0.1, 0.15) is 30.9 Å². The maximum atomic E-state index is 11.8. The topological polar surface area (TPSA) is 81.0 Å². The molecule has 128 valence electrons. The first-order valence-electron chi connectivity index (χ1n) is 7.85. The molecule has 0 radical (unpaired) electrons. The molecule has 0 aromatic carbocycles. The van der Waals surface area contributed by atoms with Gasteiger partial charge in [0.05, 0.1) is 18.4 Å². The fourth-order valence-electron chi connectivity index (χ4n) is 2.67. The molecule has 1 N–H and O–H groups in total. The summed E-state index contributed by atoms with van der Waals surface area (Å²) in [6.45, 7) is 7.23. The number of aromatic nitrogens is 3. The number of carbonyl (C=O) groups excluding carboxylic acids is 1. The highest BCUT2D eigenvalue weighted by Crippen LogP contribution is 2.29. The molecule has 0 spiro atoms. The second kappa shape index (κ2) is 6.10. The van der Waals surface area contributed by atoms with Crippen LogP contribution < -0.4 is 0 Å². The van der Waals surface area contributed by atoms with Gasteiger partial charge in [0, 0.05) is 28.9 Å². The van der Waals surface area contributed by atoms with Gasteiger partial charge in [-0.3, -0.25) is 4.79 Å². The van der Waals surface area contributed by atoms with Crippen LogP contribution in [-0.2, 0) is 9.53 Å². The highest BCUT2D eigenvalue weighted by molar-refractivity contribution is 5.88. The van der Waals surface area contributed by atoms with E-state index in [-0.39, 0.29) is 5.97 Å². The van der Waals surface area contributed by atoms with Gasteiger partial charge in [-0.25, -0.2) is 4.98 Å². The first-order chi connectivity index (χ1) is 11.8. The Morgan fingerprint density at radius 1 is 1.36 bits per heavy atom. The molecule has 0 saturated heterocycles. The van der Waals surface area contributed by atoms with Gasteiger partial charge in [-0.05, 0) is 33.8 Å². The lowest BCUT2D eigenvalue weighted by atomic mass is 9.94. The number of carbonyl (C=O) groups is 1. The molecule has 3 heterocycles. The van der Waals surface area contributed by atoms with Crippen molar-refractivity contribution in [3.05, 3.63) is 35.5 Å². The van der Waals surface area contributed by atoms with Crippen LogP contribution in [0.2, 0.25) is 0 Å². The van der Waals surface area contributed by atoms with E-state index < -0.39 is 5.41 Å². The van der Waals surface area contributed by atoms with E-state index in [2.05, 4.69) is 27.0 Å². The molecule has 0 aliphatic rings. The molecule has 6 nitrogen and oxygen atoms in total. The van der Waals surface area contributed by atoms with Crippen LogP contribution in [0.5, 0.6) is 0 Å². The zero-order chi connectivity index (χ0) is 18.2. The Morgan fingerprint density at radius 3 is 2.76 bits per heavy atom. The standard InChI is InChI=1S/C19H19N3O3/c1-11-16(12(2)25-22-11)14-8-15-13(9-20-17(15)21-10-14)6-7-19(3,4)18(23)24-5/h8-10H,1-5H3,(H,20,21). The number of esters is 1. The third-order valence-corrected chi connectivity index (χ3v) is 4.06. The number of aryl methyl sites for hydroxylation is 2. The molecule has 0 aliphatic heterocycles. The molecular weight excluding hydrogens is 318 g/mol. The van der Waals surface area contributed by atoms with Crippen molar-refractivity contribution < 1.29 is 14.1 Å². The van der Waals surface area contributed by atoms with Crippen molar-refractivity contribution in [2.75, 3.05) is 7.11 Å². The van der Waals surface area contributed by atoms with Gasteiger partial charge in [-0.15, -0.1) is 0 Å². The predicted molar refractivity (Wildman–Crippen MR) is 93.7 cm³/mol. The molecule has 25 heavy (non-hydrogen) atoms. The first-order valence-corrected chi connectivity index (χ1v) is 7.85. The van der Waals surface area contributed by atoms with Crippen molar-refractivity contribution >= 4 is 17.0 Å². The Bertz CT molecular complexity index is 996. The molecule has 0 fully saturated rings.